The first kappa shape index (κ1) is 8.75. The number of benzene rings is 1. The maximum Gasteiger partial charge on any atom is 0.0229 e. The second kappa shape index (κ2) is 6.38. The van der Waals surface area contributed by atoms with Crippen LogP contribution in [-0.2, 0) is 0 Å². The zero-order valence-corrected chi connectivity index (χ0v) is 7.78. The lowest BCUT2D eigenvalue weighted by Crippen LogP contribution is -1.47. The molecule has 0 fully saturated rings. The second-order valence-electron chi connectivity index (χ2n) is 1.91. The Morgan fingerprint density at radius 3 is 1.55 bits per heavy atom. The summed E-state index contributed by atoms with van der Waals surface area (Å²) in [6, 6.07) is 12.0. The van der Waals surface area contributed by atoms with E-state index in [2.05, 4.69) is 11.5 Å². The van der Waals surface area contributed by atoms with Gasteiger partial charge < -0.3 is 0 Å². The Bertz CT molecular complexity index is 161. The molecule has 0 saturated heterocycles. The molecule has 2 rings (SSSR count). The first-order chi connectivity index (χ1) is 5.50. The highest BCUT2D eigenvalue weighted by molar-refractivity contribution is 8.78. The van der Waals surface area contributed by atoms with Crippen LogP contribution < -0.4 is 0 Å². The van der Waals surface area contributed by atoms with Gasteiger partial charge in [-0.2, -0.15) is 0 Å². The summed E-state index contributed by atoms with van der Waals surface area (Å²) in [5.74, 6) is 1.20. The van der Waals surface area contributed by atoms with Gasteiger partial charge in [0.2, 0.25) is 0 Å². The van der Waals surface area contributed by atoms with Crippen LogP contribution in [0.1, 0.15) is 0 Å². The fourth-order valence-corrected chi connectivity index (χ4v) is 2.15. The molecule has 1 aliphatic heterocycles. The van der Waals surface area contributed by atoms with Gasteiger partial charge in [0.1, 0.15) is 0 Å². The summed E-state index contributed by atoms with van der Waals surface area (Å²) in [6.45, 7) is 0. The summed E-state index contributed by atoms with van der Waals surface area (Å²) in [5, 5.41) is 2.12. The molecule has 1 aromatic rings. The van der Waals surface area contributed by atoms with Gasteiger partial charge in [-0.15, -0.1) is 0 Å². The van der Waals surface area contributed by atoms with Gasteiger partial charge in [0, 0.05) is 5.75 Å². The molecule has 0 spiro atoms. The van der Waals surface area contributed by atoms with E-state index in [1.807, 2.05) is 58.0 Å². The molecular formula is C9H10S2. The predicted molar refractivity (Wildman–Crippen MR) is 55.6 cm³/mol. The van der Waals surface area contributed by atoms with Gasteiger partial charge in [-0.1, -0.05) is 64.1 Å². The number of rotatable bonds is 0. The van der Waals surface area contributed by atoms with Crippen molar-refractivity contribution in [2.75, 3.05) is 5.75 Å². The molecule has 1 aliphatic rings. The first-order valence-corrected chi connectivity index (χ1v) is 5.81. The molecule has 2 heteroatoms. The molecule has 1 aromatic carbocycles. The number of hydrogen-bond donors (Lipinski definition) is 0. The Morgan fingerprint density at radius 1 is 0.818 bits per heavy atom. The highest BCUT2D eigenvalue weighted by Crippen LogP contribution is 2.27. The Kier molecular flexibility index (Phi) is 5.07. The molecule has 1 heterocycles. The summed E-state index contributed by atoms with van der Waals surface area (Å²) in [5.41, 5.74) is 0. The Morgan fingerprint density at radius 2 is 1.36 bits per heavy atom. The van der Waals surface area contributed by atoms with Gasteiger partial charge >= 0.3 is 0 Å². The smallest absolute Gasteiger partial charge is 0.0229 e. The van der Waals surface area contributed by atoms with E-state index in [0.717, 1.165) is 0 Å². The minimum atomic E-state index is 1.20. The van der Waals surface area contributed by atoms with E-state index in [1.165, 1.54) is 5.75 Å². The van der Waals surface area contributed by atoms with Crippen LogP contribution in [0.15, 0.2) is 47.9 Å². The van der Waals surface area contributed by atoms with Gasteiger partial charge in [-0.3, -0.25) is 0 Å². The van der Waals surface area contributed by atoms with Crippen molar-refractivity contribution < 1.29 is 0 Å². The highest BCUT2D eigenvalue weighted by Gasteiger charge is 1.85. The van der Waals surface area contributed by atoms with E-state index in [0.29, 0.717) is 0 Å². The minimum absolute atomic E-state index is 1.20. The third-order valence-electron chi connectivity index (χ3n) is 1.05. The summed E-state index contributed by atoms with van der Waals surface area (Å²) >= 11 is 0. The van der Waals surface area contributed by atoms with E-state index in [1.54, 1.807) is 0 Å². The highest BCUT2D eigenvalue weighted by atomic mass is 33.1. The number of hydrogen-bond acceptors (Lipinski definition) is 2. The fraction of sp³-hybridized carbons (Fsp3) is 0.111. The third kappa shape index (κ3) is 4.99. The average molecular weight is 182 g/mol. The van der Waals surface area contributed by atoms with Gasteiger partial charge in [-0.05, 0) is 5.41 Å². The summed E-state index contributed by atoms with van der Waals surface area (Å²) in [6.07, 6.45) is 2.16. The average Bonchev–Trinajstić information content (AvgIpc) is 2.64. The largest absolute Gasteiger partial charge is 0.0854 e. The monoisotopic (exact) mass is 182 g/mol. The zero-order valence-electron chi connectivity index (χ0n) is 6.14. The molecule has 58 valence electrons. The Balaban J connectivity index is 0.000000112. The third-order valence-corrected chi connectivity index (χ3v) is 2.97. The van der Waals surface area contributed by atoms with Crippen molar-refractivity contribution in [2.24, 2.45) is 0 Å². The lowest BCUT2D eigenvalue weighted by Gasteiger charge is -1.69. The van der Waals surface area contributed by atoms with E-state index >= 15 is 0 Å². The standard InChI is InChI=1S/C6H6.C3H4S2/c1-2-4-6-5-3-1;1-2-4-5-3-1/h1-6H;1-2H,3H2. The van der Waals surface area contributed by atoms with E-state index in [-0.39, 0.29) is 0 Å². The Labute approximate surface area is 75.5 Å². The summed E-state index contributed by atoms with van der Waals surface area (Å²) in [7, 11) is 3.69. The van der Waals surface area contributed by atoms with Crippen LogP contribution >= 0.6 is 21.6 Å². The molecule has 0 aromatic heterocycles. The van der Waals surface area contributed by atoms with Crippen LogP contribution in [0.5, 0.6) is 0 Å². The summed E-state index contributed by atoms with van der Waals surface area (Å²) < 4.78 is 0. The quantitative estimate of drug-likeness (QED) is 0.562. The van der Waals surface area contributed by atoms with Crippen LogP contribution in [0.25, 0.3) is 0 Å². The van der Waals surface area contributed by atoms with Crippen LogP contribution in [0, 0.1) is 0 Å². The summed E-state index contributed by atoms with van der Waals surface area (Å²) in [4.78, 5) is 0. The molecule has 0 amide bonds. The molecule has 0 unspecified atom stereocenters. The minimum Gasteiger partial charge on any atom is -0.0854 e. The second-order valence-corrected chi connectivity index (χ2v) is 4.23. The van der Waals surface area contributed by atoms with E-state index < -0.39 is 0 Å². The lowest BCUT2D eigenvalue weighted by atomic mass is 10.4. The van der Waals surface area contributed by atoms with Crippen molar-refractivity contribution >= 4 is 21.6 Å². The van der Waals surface area contributed by atoms with Crippen LogP contribution in [0.3, 0.4) is 0 Å². The van der Waals surface area contributed by atoms with Crippen LogP contribution in [-0.4, -0.2) is 5.75 Å². The molecule has 0 saturated carbocycles. The topological polar surface area (TPSA) is 0 Å². The molecule has 0 radical (unpaired) electrons. The van der Waals surface area contributed by atoms with Crippen molar-refractivity contribution in [3.63, 3.8) is 0 Å². The van der Waals surface area contributed by atoms with Gasteiger partial charge in [0.15, 0.2) is 0 Å². The molecule has 0 bridgehead atoms. The zero-order chi connectivity index (χ0) is 7.78. The maximum atomic E-state index is 2.16. The van der Waals surface area contributed by atoms with E-state index in [9.17, 15) is 0 Å². The first-order valence-electron chi connectivity index (χ1n) is 3.43. The molecule has 11 heavy (non-hydrogen) atoms. The van der Waals surface area contributed by atoms with E-state index in [4.69, 9.17) is 0 Å². The molecule has 0 nitrogen and oxygen atoms in total. The maximum absolute atomic E-state index is 2.16. The van der Waals surface area contributed by atoms with Crippen molar-refractivity contribution in [3.8, 4) is 0 Å². The molecule has 0 atom stereocenters. The SMILES string of the molecule is C1=CSSC1.c1ccccc1. The fourth-order valence-electron chi connectivity index (χ4n) is 0.581. The van der Waals surface area contributed by atoms with Crippen molar-refractivity contribution in [1.82, 2.24) is 0 Å². The van der Waals surface area contributed by atoms with Crippen LogP contribution in [0.2, 0.25) is 0 Å². The van der Waals surface area contributed by atoms with Crippen molar-refractivity contribution in [2.45, 2.75) is 0 Å². The van der Waals surface area contributed by atoms with Crippen molar-refractivity contribution in [1.29, 1.82) is 0 Å². The van der Waals surface area contributed by atoms with Crippen LogP contribution in [0.4, 0.5) is 0 Å². The predicted octanol–water partition coefficient (Wildman–Crippen LogP) is 3.58. The van der Waals surface area contributed by atoms with Gasteiger partial charge in [0.25, 0.3) is 0 Å². The molecule has 0 N–H and O–H groups in total. The normalized spacial score (nSPS) is 13.8. The molecular weight excluding hydrogens is 172 g/mol. The lowest BCUT2D eigenvalue weighted by molar-refractivity contribution is 1.72. The van der Waals surface area contributed by atoms with Gasteiger partial charge in [0.05, 0.1) is 0 Å². The molecule has 0 aliphatic carbocycles. The van der Waals surface area contributed by atoms with Crippen molar-refractivity contribution in [3.05, 3.63) is 47.9 Å². The van der Waals surface area contributed by atoms with Gasteiger partial charge in [-0.25, -0.2) is 0 Å². The Hall–Kier alpha value is -0.340.